The fourth-order valence-corrected chi connectivity index (χ4v) is 4.18. The first-order valence-electron chi connectivity index (χ1n) is 10.8. The lowest BCUT2D eigenvalue weighted by Gasteiger charge is -2.26. The molecule has 0 saturated carbocycles. The van der Waals surface area contributed by atoms with E-state index in [1.807, 2.05) is 0 Å². The van der Waals surface area contributed by atoms with Crippen molar-refractivity contribution in [1.29, 1.82) is 0 Å². The van der Waals surface area contributed by atoms with Gasteiger partial charge in [-0.15, -0.1) is 0 Å². The molecule has 0 N–H and O–H groups in total. The molecule has 0 heterocycles. The first-order valence-corrected chi connectivity index (χ1v) is 10.8. The van der Waals surface area contributed by atoms with Gasteiger partial charge in [-0.05, 0) is 12.8 Å². The van der Waals surface area contributed by atoms with Crippen molar-refractivity contribution < 1.29 is 65.9 Å². The van der Waals surface area contributed by atoms with E-state index < -0.39 is 134 Å². The molecule has 0 bridgehead atoms. The topological polar surface area (TPSA) is 0 Å². The van der Waals surface area contributed by atoms with Gasteiger partial charge >= 0.3 is 0 Å². The van der Waals surface area contributed by atoms with Gasteiger partial charge in [0.25, 0.3) is 6.71 Å². The number of allylic oxidation sites excluding steroid dienone is 1. The van der Waals surface area contributed by atoms with Gasteiger partial charge in [-0.1, -0.05) is 24.9 Å². The summed E-state index contributed by atoms with van der Waals surface area (Å²) in [7, 11) is 0. The fourth-order valence-electron chi connectivity index (χ4n) is 4.18. The Morgan fingerprint density at radius 3 is 0.850 bits per heavy atom. The molecule has 16 heteroatoms. The second-order valence-corrected chi connectivity index (χ2v) is 8.07. The molecule has 40 heavy (non-hydrogen) atoms. The highest BCUT2D eigenvalue weighted by atomic mass is 19.2. The standard InChI is InChI=1S/C24H10BF15/c1-3-5(4-2)7(6-10(26)16(32)22(38)17(33)11(6)27)25(8-12(28)18(34)23(39)19(35)13(8)29)9-14(30)20(36)24(40)21(37)15(9)31/h3-4H2,1-2H3. The molecule has 0 aliphatic carbocycles. The molecule has 3 aromatic rings. The quantitative estimate of drug-likeness (QED) is 0.123. The summed E-state index contributed by atoms with van der Waals surface area (Å²) in [4.78, 5) is 0. The maximum Gasteiger partial charge on any atom is 0.258 e. The van der Waals surface area contributed by atoms with Gasteiger partial charge in [0.1, 0.15) is 0 Å². The van der Waals surface area contributed by atoms with Gasteiger partial charge in [0.2, 0.25) is 5.82 Å². The molecule has 0 radical (unpaired) electrons. The molecule has 0 nitrogen and oxygen atoms in total. The Bertz CT molecular complexity index is 1420. The average Bonchev–Trinajstić information content (AvgIpc) is 2.94. The minimum Gasteiger partial charge on any atom is -0.204 e. The number of benzene rings is 3. The van der Waals surface area contributed by atoms with Crippen LogP contribution in [0.2, 0.25) is 0 Å². The third-order valence-electron chi connectivity index (χ3n) is 6.07. The maximum atomic E-state index is 15.0. The molecular formula is C24H10BF15. The van der Waals surface area contributed by atoms with E-state index in [2.05, 4.69) is 0 Å². The predicted molar refractivity (Wildman–Crippen MR) is 111 cm³/mol. The van der Waals surface area contributed by atoms with E-state index in [1.165, 1.54) is 0 Å². The molecule has 0 spiro atoms. The second kappa shape index (κ2) is 11.1. The van der Waals surface area contributed by atoms with Crippen LogP contribution in [0.15, 0.2) is 5.57 Å². The van der Waals surface area contributed by atoms with Crippen molar-refractivity contribution in [3.05, 3.63) is 98.4 Å². The van der Waals surface area contributed by atoms with E-state index in [4.69, 9.17) is 0 Å². The summed E-state index contributed by atoms with van der Waals surface area (Å²) >= 11 is 0. The molecule has 0 amide bonds. The Morgan fingerprint density at radius 2 is 0.600 bits per heavy atom. The van der Waals surface area contributed by atoms with Crippen molar-refractivity contribution in [2.75, 3.05) is 0 Å². The zero-order valence-corrected chi connectivity index (χ0v) is 19.7. The van der Waals surface area contributed by atoms with Crippen molar-refractivity contribution in [3.63, 3.8) is 0 Å². The van der Waals surface area contributed by atoms with Crippen LogP contribution in [-0.4, -0.2) is 6.71 Å². The smallest absolute Gasteiger partial charge is 0.204 e. The van der Waals surface area contributed by atoms with Gasteiger partial charge in [-0.25, -0.2) is 65.9 Å². The van der Waals surface area contributed by atoms with Crippen LogP contribution in [0.5, 0.6) is 0 Å². The Labute approximate surface area is 214 Å². The van der Waals surface area contributed by atoms with Crippen molar-refractivity contribution in [2.45, 2.75) is 26.7 Å². The molecule has 3 aromatic carbocycles. The summed E-state index contributed by atoms with van der Waals surface area (Å²) in [5.41, 5.74) is -9.38. The van der Waals surface area contributed by atoms with Gasteiger partial charge in [-0.2, -0.15) is 0 Å². The molecule has 3 rings (SSSR count). The predicted octanol–water partition coefficient (Wildman–Crippen LogP) is 7.20. The van der Waals surface area contributed by atoms with E-state index in [0.717, 1.165) is 13.8 Å². The fraction of sp³-hybridized carbons (Fsp3) is 0.167. The minimum atomic E-state index is -3.54. The SMILES string of the molecule is CCC(CC)=C(B(c1c(F)c(F)c(F)c(F)c1F)c1c(F)c(F)c(F)c(F)c1F)c1c(F)c(F)c(F)c(F)c1F. The van der Waals surface area contributed by atoms with Crippen LogP contribution < -0.4 is 10.9 Å². The first-order chi connectivity index (χ1) is 18.6. The van der Waals surface area contributed by atoms with E-state index in [1.54, 1.807) is 0 Å². The van der Waals surface area contributed by atoms with Crippen LogP contribution in [-0.2, 0) is 0 Å². The highest BCUT2D eigenvalue weighted by Crippen LogP contribution is 2.35. The molecule has 0 fully saturated rings. The second-order valence-electron chi connectivity index (χ2n) is 8.07. The normalized spacial score (nSPS) is 11.3. The molecule has 0 unspecified atom stereocenters. The van der Waals surface area contributed by atoms with E-state index >= 15 is 17.6 Å². The number of hydrogen-bond donors (Lipinski definition) is 0. The van der Waals surface area contributed by atoms with E-state index in [-0.39, 0.29) is 0 Å². The van der Waals surface area contributed by atoms with Crippen LogP contribution in [0.4, 0.5) is 65.9 Å². The maximum absolute atomic E-state index is 15.0. The van der Waals surface area contributed by atoms with Gasteiger partial charge in [0.05, 0.1) is 0 Å². The van der Waals surface area contributed by atoms with Gasteiger partial charge in [0.15, 0.2) is 81.4 Å². The largest absolute Gasteiger partial charge is 0.258 e. The monoisotopic (exact) mass is 594 g/mol. The van der Waals surface area contributed by atoms with Crippen LogP contribution in [0.3, 0.4) is 0 Å². The number of halogens is 15. The van der Waals surface area contributed by atoms with Crippen LogP contribution in [0.25, 0.3) is 5.47 Å². The summed E-state index contributed by atoms with van der Waals surface area (Å²) in [5.74, 6) is -42.7. The van der Waals surface area contributed by atoms with Crippen molar-refractivity contribution in [2.24, 2.45) is 0 Å². The van der Waals surface area contributed by atoms with Crippen LogP contribution in [0, 0.1) is 87.3 Å². The summed E-state index contributed by atoms with van der Waals surface area (Å²) in [6.07, 6.45) is -1.24. The lowest BCUT2D eigenvalue weighted by atomic mass is 9.33. The lowest BCUT2D eigenvalue weighted by Crippen LogP contribution is -2.52. The van der Waals surface area contributed by atoms with Crippen molar-refractivity contribution in [1.82, 2.24) is 0 Å². The molecule has 0 aliphatic heterocycles. The minimum absolute atomic E-state index is 0.618. The van der Waals surface area contributed by atoms with Crippen molar-refractivity contribution in [3.8, 4) is 0 Å². The molecular weight excluding hydrogens is 584 g/mol. The summed E-state index contributed by atoms with van der Waals surface area (Å²) in [6.45, 7) is -1.41. The molecule has 0 aromatic heterocycles. The number of rotatable bonds is 6. The van der Waals surface area contributed by atoms with Crippen LogP contribution >= 0.6 is 0 Å². The van der Waals surface area contributed by atoms with Crippen molar-refractivity contribution >= 4 is 23.1 Å². The molecule has 0 aliphatic rings. The summed E-state index contributed by atoms with van der Waals surface area (Å²) < 4.78 is 216. The Balaban J connectivity index is 2.79. The molecule has 0 saturated heterocycles. The third-order valence-corrected chi connectivity index (χ3v) is 6.07. The highest BCUT2D eigenvalue weighted by Gasteiger charge is 2.45. The third kappa shape index (κ3) is 4.50. The van der Waals surface area contributed by atoms with Gasteiger partial charge in [0, 0.05) is 16.5 Å². The molecule has 214 valence electrons. The summed E-state index contributed by atoms with van der Waals surface area (Å²) in [5, 5.41) is 0. The Morgan fingerprint density at radius 1 is 0.375 bits per heavy atom. The zero-order chi connectivity index (χ0) is 30.5. The zero-order valence-electron chi connectivity index (χ0n) is 19.7. The number of hydrogen-bond acceptors (Lipinski definition) is 0. The summed E-state index contributed by atoms with van der Waals surface area (Å²) in [6, 6.07) is 0. The Hall–Kier alpha value is -3.59. The highest BCUT2D eigenvalue weighted by molar-refractivity contribution is 7.00. The van der Waals surface area contributed by atoms with Crippen LogP contribution in [0.1, 0.15) is 32.3 Å². The van der Waals surface area contributed by atoms with Gasteiger partial charge < -0.3 is 0 Å². The van der Waals surface area contributed by atoms with E-state index in [9.17, 15) is 48.3 Å². The lowest BCUT2D eigenvalue weighted by molar-refractivity contribution is 0.376. The average molecular weight is 594 g/mol. The molecule has 0 atom stereocenters. The van der Waals surface area contributed by atoms with Gasteiger partial charge in [-0.3, -0.25) is 0 Å². The Kier molecular flexibility index (Phi) is 8.60. The first kappa shape index (κ1) is 30.9. The van der Waals surface area contributed by atoms with E-state index in [0.29, 0.717) is 0 Å².